The third-order valence-corrected chi connectivity index (χ3v) is 9.90. The normalized spacial score (nSPS) is 23.4. The van der Waals surface area contributed by atoms with Crippen molar-refractivity contribution in [3.63, 3.8) is 0 Å². The lowest BCUT2D eigenvalue weighted by atomic mass is 9.70. The second kappa shape index (κ2) is 9.54. The lowest BCUT2D eigenvalue weighted by Crippen LogP contribution is -2.54. The van der Waals surface area contributed by atoms with Crippen LogP contribution in [0.15, 0.2) is 42.7 Å². The molecule has 0 N–H and O–H groups in total. The zero-order valence-electron chi connectivity index (χ0n) is 23.4. The van der Waals surface area contributed by atoms with E-state index in [0.717, 1.165) is 64.8 Å². The first-order chi connectivity index (χ1) is 19.3. The summed E-state index contributed by atoms with van der Waals surface area (Å²) in [6.45, 7) is 5.95. The molecule has 1 unspecified atom stereocenters. The highest BCUT2D eigenvalue weighted by Crippen LogP contribution is 2.43. The molecule has 1 saturated carbocycles. The van der Waals surface area contributed by atoms with Gasteiger partial charge in [0.1, 0.15) is 6.04 Å². The van der Waals surface area contributed by atoms with Crippen molar-refractivity contribution >= 4 is 34.2 Å². The van der Waals surface area contributed by atoms with Gasteiger partial charge >= 0.3 is 0 Å². The van der Waals surface area contributed by atoms with Crippen molar-refractivity contribution < 1.29 is 14.4 Å². The summed E-state index contributed by atoms with van der Waals surface area (Å²) < 4.78 is 2.16. The Morgan fingerprint density at radius 2 is 1.82 bits per heavy atom. The third kappa shape index (κ3) is 4.15. The van der Waals surface area contributed by atoms with E-state index < -0.39 is 6.04 Å². The molecule has 2 saturated heterocycles. The minimum atomic E-state index is -0.655. The van der Waals surface area contributed by atoms with Crippen molar-refractivity contribution in [2.24, 2.45) is 5.41 Å². The number of nitrogens with zero attached hydrogens (tertiary/aromatic N) is 5. The maximum Gasteiger partial charge on any atom is 0.259 e. The number of carbonyl (C=O) groups excluding carboxylic acids is 3. The molecular formula is C32H37N5O3. The largest absolute Gasteiger partial charge is 0.303 e. The van der Waals surface area contributed by atoms with Crippen molar-refractivity contribution in [1.29, 1.82) is 0 Å². The molecule has 0 bridgehead atoms. The summed E-state index contributed by atoms with van der Waals surface area (Å²) in [5.41, 5.74) is 4.22. The van der Waals surface area contributed by atoms with E-state index in [0.29, 0.717) is 23.4 Å². The number of anilines is 1. The van der Waals surface area contributed by atoms with Crippen LogP contribution in [0.25, 0.3) is 10.8 Å². The molecule has 1 aliphatic carbocycles. The van der Waals surface area contributed by atoms with Gasteiger partial charge in [-0.3, -0.25) is 28.9 Å². The van der Waals surface area contributed by atoms with Crippen LogP contribution < -0.4 is 4.90 Å². The molecule has 3 fully saturated rings. The average Bonchev–Trinajstić information content (AvgIpc) is 3.52. The summed E-state index contributed by atoms with van der Waals surface area (Å²) in [4.78, 5) is 44.0. The van der Waals surface area contributed by atoms with Gasteiger partial charge in [-0.15, -0.1) is 0 Å². The summed E-state index contributed by atoms with van der Waals surface area (Å²) in [5.74, 6) is -0.672. The zero-order valence-corrected chi connectivity index (χ0v) is 23.4. The zero-order chi connectivity index (χ0) is 27.6. The quantitative estimate of drug-likeness (QED) is 0.429. The first kappa shape index (κ1) is 25.4. The van der Waals surface area contributed by atoms with Crippen LogP contribution in [-0.2, 0) is 16.0 Å². The van der Waals surface area contributed by atoms with Crippen LogP contribution in [0.5, 0.6) is 0 Å². The molecule has 4 heterocycles. The molecule has 1 aromatic heterocycles. The second-order valence-electron chi connectivity index (χ2n) is 12.7. The number of likely N-dealkylation sites (tertiary alicyclic amines) is 2. The highest BCUT2D eigenvalue weighted by molar-refractivity contribution is 6.27. The van der Waals surface area contributed by atoms with Gasteiger partial charge in [0.15, 0.2) is 0 Å². The van der Waals surface area contributed by atoms with Crippen LogP contribution >= 0.6 is 0 Å². The Hall–Kier alpha value is -3.52. The van der Waals surface area contributed by atoms with Gasteiger partial charge in [0.2, 0.25) is 5.91 Å². The van der Waals surface area contributed by atoms with Gasteiger partial charge in [0, 0.05) is 56.7 Å². The smallest absolute Gasteiger partial charge is 0.259 e. The summed E-state index contributed by atoms with van der Waals surface area (Å²) in [7, 11) is 1.50. The number of hydrogen-bond donors (Lipinski definition) is 0. The van der Waals surface area contributed by atoms with E-state index in [1.165, 1.54) is 32.9 Å². The molecule has 3 aliphatic heterocycles. The van der Waals surface area contributed by atoms with Crippen LogP contribution in [0.3, 0.4) is 0 Å². The molecule has 7 rings (SSSR count). The molecule has 4 aliphatic rings. The molecule has 208 valence electrons. The van der Waals surface area contributed by atoms with Crippen molar-refractivity contribution in [2.75, 3.05) is 31.6 Å². The number of aromatic nitrogens is 2. The fourth-order valence-electron chi connectivity index (χ4n) is 7.38. The topological polar surface area (TPSA) is 78.8 Å². The summed E-state index contributed by atoms with van der Waals surface area (Å²) in [6, 6.07) is 9.66. The van der Waals surface area contributed by atoms with Crippen LogP contribution in [0.2, 0.25) is 0 Å². The molecular weight excluding hydrogens is 502 g/mol. The SMILES string of the molecule is CN1C(=O)CCC(N2C(=O)c3cccc4c(Cc5cnn(C6CCN(CC7(C)CCC7)CC6)c5)ccc2c34)C1=O. The van der Waals surface area contributed by atoms with Gasteiger partial charge in [0.25, 0.3) is 11.8 Å². The molecule has 3 aromatic rings. The number of rotatable bonds is 6. The van der Waals surface area contributed by atoms with Gasteiger partial charge in [-0.2, -0.15) is 5.10 Å². The fourth-order valence-corrected chi connectivity index (χ4v) is 7.38. The number of likely N-dealkylation sites (N-methyl/N-ethyl adjacent to an activating group) is 1. The van der Waals surface area contributed by atoms with Gasteiger partial charge in [-0.25, -0.2) is 0 Å². The molecule has 8 nitrogen and oxygen atoms in total. The first-order valence-corrected chi connectivity index (χ1v) is 14.8. The van der Waals surface area contributed by atoms with Crippen LogP contribution in [-0.4, -0.2) is 70.0 Å². The number of piperidine rings is 2. The molecule has 0 radical (unpaired) electrons. The Kier molecular flexibility index (Phi) is 6.07. The third-order valence-electron chi connectivity index (χ3n) is 9.90. The van der Waals surface area contributed by atoms with Crippen LogP contribution in [0, 0.1) is 5.41 Å². The van der Waals surface area contributed by atoms with Gasteiger partial charge < -0.3 is 4.90 Å². The maximum atomic E-state index is 13.5. The number of benzene rings is 2. The molecule has 2 aromatic carbocycles. The van der Waals surface area contributed by atoms with E-state index in [9.17, 15) is 14.4 Å². The van der Waals surface area contributed by atoms with Crippen molar-refractivity contribution in [1.82, 2.24) is 19.6 Å². The Bertz CT molecular complexity index is 1510. The van der Waals surface area contributed by atoms with E-state index in [1.54, 1.807) is 4.90 Å². The molecule has 0 spiro atoms. The van der Waals surface area contributed by atoms with Crippen molar-refractivity contribution in [3.05, 3.63) is 59.4 Å². The van der Waals surface area contributed by atoms with Gasteiger partial charge in [-0.05, 0) is 66.2 Å². The lowest BCUT2D eigenvalue weighted by Gasteiger charge is -2.44. The highest BCUT2D eigenvalue weighted by atomic mass is 16.2. The van der Waals surface area contributed by atoms with Crippen LogP contribution in [0.1, 0.15) is 79.4 Å². The molecule has 1 atom stereocenters. The highest BCUT2D eigenvalue weighted by Gasteiger charge is 2.43. The van der Waals surface area contributed by atoms with E-state index in [1.807, 2.05) is 24.4 Å². The molecule has 3 amide bonds. The number of imide groups is 1. The van der Waals surface area contributed by atoms with Crippen molar-refractivity contribution in [3.8, 4) is 0 Å². The van der Waals surface area contributed by atoms with Gasteiger partial charge in [0.05, 0.1) is 17.9 Å². The summed E-state index contributed by atoms with van der Waals surface area (Å²) in [5, 5.41) is 6.70. The van der Waals surface area contributed by atoms with E-state index >= 15 is 0 Å². The predicted molar refractivity (Wildman–Crippen MR) is 153 cm³/mol. The molecule has 8 heteroatoms. The predicted octanol–water partition coefficient (Wildman–Crippen LogP) is 4.56. The fraction of sp³-hybridized carbons (Fsp3) is 0.500. The summed E-state index contributed by atoms with van der Waals surface area (Å²) >= 11 is 0. The Morgan fingerprint density at radius 3 is 2.58 bits per heavy atom. The minimum Gasteiger partial charge on any atom is -0.303 e. The Labute approximate surface area is 234 Å². The minimum absolute atomic E-state index is 0.163. The van der Waals surface area contributed by atoms with Gasteiger partial charge in [-0.1, -0.05) is 31.5 Å². The van der Waals surface area contributed by atoms with E-state index in [4.69, 9.17) is 5.10 Å². The standard InChI is InChI=1S/C32H37N5O3/c1-32(13-4-14-32)20-35-15-11-23(12-16-35)36-19-21(18-33-36)17-22-7-8-26-29-24(22)5-3-6-25(29)30(39)37(26)27-9-10-28(38)34(2)31(27)40/h3,5-8,18-19,23,27H,4,9-17,20H2,1-2H3. The van der Waals surface area contributed by atoms with Crippen molar-refractivity contribution in [2.45, 2.75) is 70.4 Å². The summed E-state index contributed by atoms with van der Waals surface area (Å²) in [6.07, 6.45) is 11.9. The first-order valence-electron chi connectivity index (χ1n) is 14.8. The molecule has 40 heavy (non-hydrogen) atoms. The lowest BCUT2D eigenvalue weighted by molar-refractivity contribution is -0.147. The Morgan fingerprint density at radius 1 is 1.02 bits per heavy atom. The van der Waals surface area contributed by atoms with E-state index in [2.05, 4.69) is 34.8 Å². The maximum absolute atomic E-state index is 13.5. The number of amides is 3. The Balaban J connectivity index is 1.09. The average molecular weight is 540 g/mol. The van der Waals surface area contributed by atoms with Crippen LogP contribution in [0.4, 0.5) is 5.69 Å². The monoisotopic (exact) mass is 539 g/mol. The number of hydrogen-bond acceptors (Lipinski definition) is 5. The second-order valence-corrected chi connectivity index (χ2v) is 12.7. The van der Waals surface area contributed by atoms with E-state index in [-0.39, 0.29) is 24.1 Å². The number of carbonyl (C=O) groups is 3.